The first-order valence-electron chi connectivity index (χ1n) is 10.5. The van der Waals surface area contributed by atoms with E-state index in [1.165, 1.54) is 24.3 Å². The number of carbonyl (C=O) groups is 2. The van der Waals surface area contributed by atoms with Crippen LogP contribution < -0.4 is 10.6 Å². The number of pyridine rings is 1. The van der Waals surface area contributed by atoms with Crippen molar-refractivity contribution in [3.63, 3.8) is 0 Å². The first kappa shape index (κ1) is 24.0. The molecule has 1 unspecified atom stereocenters. The number of ketones is 1. The molecule has 6 nitrogen and oxygen atoms in total. The van der Waals surface area contributed by atoms with Crippen LogP contribution in [-0.2, 0) is 16.1 Å². The maximum absolute atomic E-state index is 12.7. The molecule has 1 atom stereocenters. The minimum atomic E-state index is -4.39. The second kappa shape index (κ2) is 8.92. The zero-order valence-corrected chi connectivity index (χ0v) is 19.4. The number of carbonyl (C=O) groups excluding carboxylic acids is 2. The number of nitrogens with zero attached hydrogens (tertiary/aromatic N) is 3. The van der Waals surface area contributed by atoms with E-state index in [1.54, 1.807) is 11.1 Å². The predicted molar refractivity (Wildman–Crippen MR) is 126 cm³/mol. The van der Waals surface area contributed by atoms with E-state index in [-0.39, 0.29) is 23.3 Å². The third-order valence-electron chi connectivity index (χ3n) is 6.18. The molecule has 0 bridgehead atoms. The van der Waals surface area contributed by atoms with Crippen LogP contribution in [0.1, 0.15) is 19.4 Å². The van der Waals surface area contributed by atoms with Crippen LogP contribution in [-0.4, -0.2) is 45.7 Å². The SMILES string of the molecule is CC1(C)C(C(=O)C=O)N(c2ccc(SC(F)(F)F)cc2)CN1Cc1c(N)cnc2ccccc12. The minimum absolute atomic E-state index is 0.0425. The lowest BCUT2D eigenvalue weighted by atomic mass is 9.90. The number of alkyl halides is 3. The highest BCUT2D eigenvalue weighted by atomic mass is 32.2. The maximum Gasteiger partial charge on any atom is 0.446 e. The number of para-hydroxylation sites is 1. The fourth-order valence-corrected chi connectivity index (χ4v) is 5.01. The summed E-state index contributed by atoms with van der Waals surface area (Å²) in [5.41, 5.74) is 3.82. The number of nitrogens with two attached hydrogens (primary N) is 1. The van der Waals surface area contributed by atoms with Gasteiger partial charge in [0.2, 0.25) is 5.78 Å². The third kappa shape index (κ3) is 4.60. The van der Waals surface area contributed by atoms with Gasteiger partial charge in [-0.1, -0.05) is 18.2 Å². The van der Waals surface area contributed by atoms with Gasteiger partial charge in [-0.15, -0.1) is 0 Å². The van der Waals surface area contributed by atoms with E-state index >= 15 is 0 Å². The molecule has 0 spiro atoms. The normalized spacial score (nSPS) is 18.4. The van der Waals surface area contributed by atoms with Crippen molar-refractivity contribution in [2.75, 3.05) is 17.3 Å². The standard InChI is InChI=1S/C24H23F3N4O2S/c1-23(2)22(21(33)13-32)31(15-7-9-16(10-8-15)34-24(25,26)27)14-30(23)12-18-17-5-3-4-6-20(17)29-11-19(18)28/h3-11,13,22H,12,14,28H2,1-2H3. The number of aldehydes is 1. The van der Waals surface area contributed by atoms with Gasteiger partial charge < -0.3 is 10.6 Å². The van der Waals surface area contributed by atoms with Crippen LogP contribution in [0.5, 0.6) is 0 Å². The number of anilines is 2. The topological polar surface area (TPSA) is 79.5 Å². The molecule has 1 aliphatic rings. The second-order valence-corrected chi connectivity index (χ2v) is 9.77. The number of Topliss-reactive ketones (excluding diaryl/α,β-unsaturated/α-hetero) is 1. The third-order valence-corrected chi connectivity index (χ3v) is 6.92. The zero-order valence-electron chi connectivity index (χ0n) is 18.5. The van der Waals surface area contributed by atoms with Crippen molar-refractivity contribution in [3.05, 3.63) is 60.3 Å². The van der Waals surface area contributed by atoms with Gasteiger partial charge >= 0.3 is 5.51 Å². The Hall–Kier alpha value is -3.11. The first-order chi connectivity index (χ1) is 16.0. The van der Waals surface area contributed by atoms with Crippen LogP contribution in [0.4, 0.5) is 24.5 Å². The van der Waals surface area contributed by atoms with Crippen molar-refractivity contribution in [2.45, 2.75) is 42.4 Å². The van der Waals surface area contributed by atoms with Crippen molar-refractivity contribution >= 4 is 46.1 Å². The summed E-state index contributed by atoms with van der Waals surface area (Å²) in [7, 11) is 0. The number of benzene rings is 2. The monoisotopic (exact) mass is 488 g/mol. The summed E-state index contributed by atoms with van der Waals surface area (Å²) in [4.78, 5) is 32.4. The van der Waals surface area contributed by atoms with Crippen molar-refractivity contribution in [3.8, 4) is 0 Å². The van der Waals surface area contributed by atoms with Gasteiger partial charge in [0.15, 0.2) is 6.29 Å². The molecule has 3 aromatic rings. The number of thioether (sulfide) groups is 1. The molecule has 1 aliphatic heterocycles. The Bertz CT molecular complexity index is 1230. The Morgan fingerprint density at radius 2 is 1.88 bits per heavy atom. The molecule has 34 heavy (non-hydrogen) atoms. The van der Waals surface area contributed by atoms with E-state index in [0.717, 1.165) is 16.5 Å². The number of nitrogen functional groups attached to an aromatic ring is 1. The summed E-state index contributed by atoms with van der Waals surface area (Å²) in [6, 6.07) is 12.6. The lowest BCUT2D eigenvalue weighted by molar-refractivity contribution is -0.131. The molecule has 0 aliphatic carbocycles. The lowest BCUT2D eigenvalue weighted by Crippen LogP contribution is -2.51. The molecule has 10 heteroatoms. The highest BCUT2D eigenvalue weighted by molar-refractivity contribution is 8.00. The Kier molecular flexibility index (Phi) is 6.30. The highest BCUT2D eigenvalue weighted by Gasteiger charge is 2.50. The maximum atomic E-state index is 12.7. The molecule has 178 valence electrons. The molecule has 2 heterocycles. The van der Waals surface area contributed by atoms with E-state index in [0.29, 0.717) is 24.2 Å². The number of aromatic nitrogens is 1. The molecular weight excluding hydrogens is 465 g/mol. The average Bonchev–Trinajstić information content (AvgIpc) is 3.04. The summed E-state index contributed by atoms with van der Waals surface area (Å²) in [6.07, 6.45) is 1.90. The summed E-state index contributed by atoms with van der Waals surface area (Å²) >= 11 is -0.203. The second-order valence-electron chi connectivity index (χ2n) is 8.64. The molecule has 4 rings (SSSR count). The fourth-order valence-electron chi connectivity index (χ4n) is 4.47. The fraction of sp³-hybridized carbons (Fsp3) is 0.292. The Labute approximate surface area is 198 Å². The summed E-state index contributed by atoms with van der Waals surface area (Å²) < 4.78 is 38.1. The quantitative estimate of drug-likeness (QED) is 0.308. The Morgan fingerprint density at radius 3 is 2.53 bits per heavy atom. The molecular formula is C24H23F3N4O2S. The Balaban J connectivity index is 1.69. The predicted octanol–water partition coefficient (Wildman–Crippen LogP) is 4.62. The van der Waals surface area contributed by atoms with Gasteiger partial charge in [0.25, 0.3) is 0 Å². The van der Waals surface area contributed by atoms with Crippen LogP contribution in [0, 0.1) is 0 Å². The smallest absolute Gasteiger partial charge is 0.397 e. The van der Waals surface area contributed by atoms with E-state index in [9.17, 15) is 22.8 Å². The van der Waals surface area contributed by atoms with Gasteiger partial charge in [-0.3, -0.25) is 19.5 Å². The number of hydrogen-bond donors (Lipinski definition) is 1. The minimum Gasteiger partial charge on any atom is -0.397 e. The molecule has 1 aromatic heterocycles. The molecule has 0 saturated carbocycles. The van der Waals surface area contributed by atoms with E-state index in [4.69, 9.17) is 5.73 Å². The van der Waals surface area contributed by atoms with Crippen molar-refractivity contribution in [1.82, 2.24) is 9.88 Å². The summed E-state index contributed by atoms with van der Waals surface area (Å²) in [5.74, 6) is -0.603. The average molecular weight is 489 g/mol. The number of halogens is 3. The zero-order chi connectivity index (χ0) is 24.7. The van der Waals surface area contributed by atoms with Crippen LogP contribution in [0.25, 0.3) is 10.9 Å². The molecule has 2 N–H and O–H groups in total. The Morgan fingerprint density at radius 1 is 1.21 bits per heavy atom. The number of rotatable bonds is 6. The van der Waals surface area contributed by atoms with Gasteiger partial charge in [0.05, 0.1) is 24.1 Å². The summed E-state index contributed by atoms with van der Waals surface area (Å²) in [5, 5.41) is 0.892. The number of hydrogen-bond acceptors (Lipinski definition) is 7. The van der Waals surface area contributed by atoms with Gasteiger partial charge in [-0.2, -0.15) is 13.2 Å². The highest BCUT2D eigenvalue weighted by Crippen LogP contribution is 2.40. The van der Waals surface area contributed by atoms with Crippen LogP contribution >= 0.6 is 11.8 Å². The molecule has 2 aromatic carbocycles. The van der Waals surface area contributed by atoms with Gasteiger partial charge in [0.1, 0.15) is 6.04 Å². The van der Waals surface area contributed by atoms with E-state index in [1.807, 2.05) is 43.0 Å². The molecule has 0 radical (unpaired) electrons. The van der Waals surface area contributed by atoms with Crippen LogP contribution in [0.2, 0.25) is 0 Å². The molecule has 1 saturated heterocycles. The van der Waals surface area contributed by atoms with Crippen molar-refractivity contribution < 1.29 is 22.8 Å². The lowest BCUT2D eigenvalue weighted by Gasteiger charge is -2.34. The van der Waals surface area contributed by atoms with Gasteiger partial charge in [-0.25, -0.2) is 0 Å². The van der Waals surface area contributed by atoms with Crippen molar-refractivity contribution in [1.29, 1.82) is 0 Å². The van der Waals surface area contributed by atoms with Gasteiger partial charge in [0, 0.05) is 33.6 Å². The summed E-state index contributed by atoms with van der Waals surface area (Å²) in [6.45, 7) is 4.40. The molecule has 1 fully saturated rings. The van der Waals surface area contributed by atoms with Crippen LogP contribution in [0.3, 0.4) is 0 Å². The van der Waals surface area contributed by atoms with E-state index in [2.05, 4.69) is 4.98 Å². The van der Waals surface area contributed by atoms with Gasteiger partial charge in [-0.05, 0) is 55.9 Å². The number of fused-ring (bicyclic) bond motifs is 1. The molecule has 0 amide bonds. The van der Waals surface area contributed by atoms with E-state index < -0.39 is 22.9 Å². The first-order valence-corrected chi connectivity index (χ1v) is 11.3. The van der Waals surface area contributed by atoms with Crippen molar-refractivity contribution in [2.24, 2.45) is 0 Å². The van der Waals surface area contributed by atoms with Crippen LogP contribution in [0.15, 0.2) is 59.6 Å². The largest absolute Gasteiger partial charge is 0.446 e.